The van der Waals surface area contributed by atoms with Gasteiger partial charge in [-0.05, 0) is 38.2 Å². The first-order valence-corrected chi connectivity index (χ1v) is 10.5. The Bertz CT molecular complexity index is 902. The van der Waals surface area contributed by atoms with Crippen LogP contribution < -0.4 is 4.72 Å². The van der Waals surface area contributed by atoms with Gasteiger partial charge < -0.3 is 4.90 Å². The zero-order valence-electron chi connectivity index (χ0n) is 15.7. The predicted octanol–water partition coefficient (Wildman–Crippen LogP) is 2.23. The van der Waals surface area contributed by atoms with Crippen LogP contribution in [0.5, 0.6) is 0 Å². The van der Waals surface area contributed by atoms with E-state index in [1.807, 2.05) is 6.92 Å². The van der Waals surface area contributed by atoms with Gasteiger partial charge in [-0.1, -0.05) is 29.8 Å². The standard InChI is InChI=1S/C20H25N3O3S/c1-16-6-8-19(9-7-16)27(25,26)21-18-5-3-4-17(14-18)20(24)15-23-12-10-22(2)11-13-23/h3-9,14,21H,10-13,15H2,1-2H3. The average Bonchev–Trinajstić information content (AvgIpc) is 2.64. The molecule has 1 fully saturated rings. The smallest absolute Gasteiger partial charge is 0.261 e. The Kier molecular flexibility index (Phi) is 5.94. The second-order valence-electron chi connectivity index (χ2n) is 7.00. The highest BCUT2D eigenvalue weighted by molar-refractivity contribution is 7.92. The topological polar surface area (TPSA) is 69.7 Å². The summed E-state index contributed by atoms with van der Waals surface area (Å²) < 4.78 is 27.6. The molecule has 3 rings (SSSR count). The average molecular weight is 388 g/mol. The first-order valence-electron chi connectivity index (χ1n) is 8.97. The van der Waals surface area contributed by atoms with Gasteiger partial charge in [0.1, 0.15) is 0 Å². The first kappa shape index (κ1) is 19.5. The maximum atomic E-state index is 12.6. The van der Waals surface area contributed by atoms with E-state index in [-0.39, 0.29) is 10.7 Å². The van der Waals surface area contributed by atoms with Crippen LogP contribution in [-0.2, 0) is 10.0 Å². The lowest BCUT2D eigenvalue weighted by atomic mass is 10.1. The summed E-state index contributed by atoms with van der Waals surface area (Å²) in [6.45, 7) is 5.87. The molecule has 1 aliphatic heterocycles. The van der Waals surface area contributed by atoms with Gasteiger partial charge in [0.25, 0.3) is 10.0 Å². The zero-order valence-corrected chi connectivity index (χ0v) is 16.5. The molecular weight excluding hydrogens is 362 g/mol. The van der Waals surface area contributed by atoms with Crippen LogP contribution in [0.25, 0.3) is 0 Å². The second-order valence-corrected chi connectivity index (χ2v) is 8.68. The number of carbonyl (C=O) groups excluding carboxylic acids is 1. The van der Waals surface area contributed by atoms with Crippen LogP contribution in [0.1, 0.15) is 15.9 Å². The number of likely N-dealkylation sites (N-methyl/N-ethyl adjacent to an activating group) is 1. The maximum absolute atomic E-state index is 12.6. The molecule has 1 heterocycles. The maximum Gasteiger partial charge on any atom is 0.261 e. The van der Waals surface area contributed by atoms with Crippen molar-refractivity contribution in [2.75, 3.05) is 44.5 Å². The van der Waals surface area contributed by atoms with Crippen LogP contribution in [0.2, 0.25) is 0 Å². The number of rotatable bonds is 6. The number of carbonyl (C=O) groups is 1. The number of aryl methyl sites for hydroxylation is 1. The molecule has 0 saturated carbocycles. The summed E-state index contributed by atoms with van der Waals surface area (Å²) in [4.78, 5) is 17.2. The molecule has 2 aromatic rings. The molecule has 0 amide bonds. The van der Waals surface area contributed by atoms with Gasteiger partial charge in [-0.3, -0.25) is 14.4 Å². The summed E-state index contributed by atoms with van der Waals surface area (Å²) in [7, 11) is -1.61. The fraction of sp³-hybridized carbons (Fsp3) is 0.350. The van der Waals surface area contributed by atoms with Crippen molar-refractivity contribution in [1.82, 2.24) is 9.80 Å². The molecule has 1 saturated heterocycles. The SMILES string of the molecule is Cc1ccc(S(=O)(=O)Nc2cccc(C(=O)CN3CCN(C)CC3)c2)cc1. The largest absolute Gasteiger partial charge is 0.304 e. The molecule has 0 aromatic heterocycles. The van der Waals surface area contributed by atoms with Crippen molar-refractivity contribution >= 4 is 21.5 Å². The Balaban J connectivity index is 1.69. The van der Waals surface area contributed by atoms with E-state index in [1.54, 1.807) is 48.5 Å². The number of anilines is 1. The minimum absolute atomic E-state index is 0.00376. The number of sulfonamides is 1. The Morgan fingerprint density at radius 3 is 2.37 bits per heavy atom. The van der Waals surface area contributed by atoms with Gasteiger partial charge in [-0.15, -0.1) is 0 Å². The van der Waals surface area contributed by atoms with E-state index in [9.17, 15) is 13.2 Å². The number of nitrogens with one attached hydrogen (secondary N) is 1. The number of hydrogen-bond donors (Lipinski definition) is 1. The summed E-state index contributed by atoms with van der Waals surface area (Å²) in [5, 5.41) is 0. The van der Waals surface area contributed by atoms with Crippen LogP contribution in [0, 0.1) is 6.92 Å². The summed E-state index contributed by atoms with van der Waals surface area (Å²) in [5.41, 5.74) is 1.89. The lowest BCUT2D eigenvalue weighted by Gasteiger charge is -2.31. The molecule has 0 radical (unpaired) electrons. The summed E-state index contributed by atoms with van der Waals surface area (Å²) in [5.74, 6) is -0.00376. The highest BCUT2D eigenvalue weighted by Gasteiger charge is 2.19. The number of Topliss-reactive ketones (excluding diaryl/α,β-unsaturated/α-hetero) is 1. The van der Waals surface area contributed by atoms with Crippen molar-refractivity contribution in [3.05, 3.63) is 59.7 Å². The van der Waals surface area contributed by atoms with Crippen LogP contribution >= 0.6 is 0 Å². The van der Waals surface area contributed by atoms with E-state index in [0.29, 0.717) is 17.8 Å². The zero-order chi connectivity index (χ0) is 19.4. The molecule has 0 unspecified atom stereocenters. The minimum atomic E-state index is -3.68. The van der Waals surface area contributed by atoms with E-state index < -0.39 is 10.0 Å². The lowest BCUT2D eigenvalue weighted by Crippen LogP contribution is -2.46. The number of ketones is 1. The Labute approximate surface area is 160 Å². The van der Waals surface area contributed by atoms with Crippen molar-refractivity contribution in [3.63, 3.8) is 0 Å². The van der Waals surface area contributed by atoms with Crippen molar-refractivity contribution in [2.45, 2.75) is 11.8 Å². The van der Waals surface area contributed by atoms with Crippen molar-refractivity contribution in [3.8, 4) is 0 Å². The molecule has 6 nitrogen and oxygen atoms in total. The quantitative estimate of drug-likeness (QED) is 0.770. The molecule has 27 heavy (non-hydrogen) atoms. The minimum Gasteiger partial charge on any atom is -0.304 e. The van der Waals surface area contributed by atoms with Gasteiger partial charge >= 0.3 is 0 Å². The normalized spacial score (nSPS) is 16.2. The van der Waals surface area contributed by atoms with Crippen LogP contribution in [-0.4, -0.2) is 63.8 Å². The summed E-state index contributed by atoms with van der Waals surface area (Å²) in [6.07, 6.45) is 0. The van der Waals surface area contributed by atoms with E-state index in [1.165, 1.54) is 0 Å². The highest BCUT2D eigenvalue weighted by Crippen LogP contribution is 2.18. The third-order valence-corrected chi connectivity index (χ3v) is 6.13. The highest BCUT2D eigenvalue weighted by atomic mass is 32.2. The molecule has 0 bridgehead atoms. The second kappa shape index (κ2) is 8.21. The number of piperazine rings is 1. The molecule has 7 heteroatoms. The van der Waals surface area contributed by atoms with Crippen LogP contribution in [0.4, 0.5) is 5.69 Å². The van der Waals surface area contributed by atoms with Crippen molar-refractivity contribution < 1.29 is 13.2 Å². The molecule has 1 aliphatic rings. The molecule has 0 spiro atoms. The van der Waals surface area contributed by atoms with Gasteiger partial charge in [0.2, 0.25) is 0 Å². The van der Waals surface area contributed by atoms with E-state index in [2.05, 4.69) is 21.6 Å². The van der Waals surface area contributed by atoms with Crippen LogP contribution in [0.3, 0.4) is 0 Å². The number of hydrogen-bond acceptors (Lipinski definition) is 5. The van der Waals surface area contributed by atoms with Crippen molar-refractivity contribution in [2.24, 2.45) is 0 Å². The molecule has 0 aliphatic carbocycles. The van der Waals surface area contributed by atoms with E-state index in [0.717, 1.165) is 31.7 Å². The van der Waals surface area contributed by atoms with Gasteiger partial charge in [-0.2, -0.15) is 0 Å². The third-order valence-electron chi connectivity index (χ3n) is 4.73. The third kappa shape index (κ3) is 5.15. The van der Waals surface area contributed by atoms with Gasteiger partial charge in [0, 0.05) is 37.4 Å². The van der Waals surface area contributed by atoms with Gasteiger partial charge in [0.05, 0.1) is 11.4 Å². The van der Waals surface area contributed by atoms with Gasteiger partial charge in [0.15, 0.2) is 5.78 Å². The molecule has 1 N–H and O–H groups in total. The van der Waals surface area contributed by atoms with Crippen molar-refractivity contribution in [1.29, 1.82) is 0 Å². The predicted molar refractivity (Wildman–Crippen MR) is 107 cm³/mol. The fourth-order valence-electron chi connectivity index (χ4n) is 2.99. The Morgan fingerprint density at radius 2 is 1.70 bits per heavy atom. The lowest BCUT2D eigenvalue weighted by molar-refractivity contribution is 0.0876. The van der Waals surface area contributed by atoms with Gasteiger partial charge in [-0.25, -0.2) is 8.42 Å². The Hall–Kier alpha value is -2.22. The number of benzene rings is 2. The summed E-state index contributed by atoms with van der Waals surface area (Å²) in [6, 6.07) is 13.3. The summed E-state index contributed by atoms with van der Waals surface area (Å²) >= 11 is 0. The number of nitrogens with zero attached hydrogens (tertiary/aromatic N) is 2. The first-order chi connectivity index (χ1) is 12.8. The molecule has 0 atom stereocenters. The van der Waals surface area contributed by atoms with Crippen LogP contribution in [0.15, 0.2) is 53.4 Å². The molecular formula is C20H25N3O3S. The van der Waals surface area contributed by atoms with E-state index in [4.69, 9.17) is 0 Å². The van der Waals surface area contributed by atoms with E-state index >= 15 is 0 Å². The molecule has 144 valence electrons. The molecule has 2 aromatic carbocycles. The fourth-order valence-corrected chi connectivity index (χ4v) is 4.04. The Morgan fingerprint density at radius 1 is 1.04 bits per heavy atom. The monoisotopic (exact) mass is 387 g/mol.